The SMILES string of the molecule is CC(C)CCC1=[N+]2C(=Cc3ccc(-c4ccccc4)n3[B-]2(F)F)C=C1. The van der Waals surface area contributed by atoms with E-state index in [-0.39, 0.29) is 0 Å². The molecule has 0 unspecified atom stereocenters. The lowest BCUT2D eigenvalue weighted by molar-refractivity contribution is -0.362. The topological polar surface area (TPSA) is 7.94 Å². The summed E-state index contributed by atoms with van der Waals surface area (Å²) >= 11 is 0. The van der Waals surface area contributed by atoms with E-state index in [0.29, 0.717) is 35.1 Å². The van der Waals surface area contributed by atoms with Gasteiger partial charge in [-0.25, -0.2) is 0 Å². The van der Waals surface area contributed by atoms with E-state index in [0.717, 1.165) is 12.0 Å². The molecule has 1 aromatic heterocycles. The Morgan fingerprint density at radius 2 is 1.80 bits per heavy atom. The second kappa shape index (κ2) is 5.83. The molecule has 0 fully saturated rings. The van der Waals surface area contributed by atoms with Gasteiger partial charge in [-0.3, -0.25) is 0 Å². The Morgan fingerprint density at radius 3 is 2.52 bits per heavy atom. The molecule has 0 bridgehead atoms. The molecule has 0 radical (unpaired) electrons. The Hall–Kier alpha value is -2.43. The smallest absolute Gasteiger partial charge is 0.390 e. The second-order valence-corrected chi connectivity index (χ2v) is 7.16. The molecule has 2 nitrogen and oxygen atoms in total. The van der Waals surface area contributed by atoms with Gasteiger partial charge in [-0.2, -0.15) is 0 Å². The molecule has 0 aliphatic carbocycles. The molecule has 2 aromatic rings. The van der Waals surface area contributed by atoms with Crippen LogP contribution in [0.4, 0.5) is 8.63 Å². The van der Waals surface area contributed by atoms with Gasteiger partial charge in [0.25, 0.3) is 0 Å². The second-order valence-electron chi connectivity index (χ2n) is 7.16. The Kier molecular flexibility index (Phi) is 3.75. The highest BCUT2D eigenvalue weighted by atomic mass is 19.2. The van der Waals surface area contributed by atoms with E-state index in [1.165, 1.54) is 8.96 Å². The molecule has 1 aromatic carbocycles. The van der Waals surface area contributed by atoms with Gasteiger partial charge in [-0.1, -0.05) is 44.2 Å². The van der Waals surface area contributed by atoms with E-state index in [4.69, 9.17) is 0 Å². The van der Waals surface area contributed by atoms with Gasteiger partial charge in [0.2, 0.25) is 0 Å². The van der Waals surface area contributed by atoms with Crippen molar-refractivity contribution in [1.29, 1.82) is 0 Å². The molecule has 0 saturated carbocycles. The molecule has 0 amide bonds. The van der Waals surface area contributed by atoms with E-state index >= 15 is 8.63 Å². The highest BCUT2D eigenvalue weighted by molar-refractivity contribution is 6.58. The fraction of sp³-hybridized carbons (Fsp3) is 0.250. The molecule has 0 saturated heterocycles. The Labute approximate surface area is 146 Å². The third-order valence-corrected chi connectivity index (χ3v) is 4.95. The van der Waals surface area contributed by atoms with Crippen molar-refractivity contribution in [3.8, 4) is 11.3 Å². The summed E-state index contributed by atoms with van der Waals surface area (Å²) in [5, 5.41) is 0. The average Bonchev–Trinajstić information content (AvgIpc) is 3.19. The molecule has 0 N–H and O–H groups in total. The van der Waals surface area contributed by atoms with E-state index in [2.05, 4.69) is 13.8 Å². The zero-order valence-corrected chi connectivity index (χ0v) is 14.5. The van der Waals surface area contributed by atoms with Crippen LogP contribution in [0.2, 0.25) is 0 Å². The fourth-order valence-corrected chi connectivity index (χ4v) is 3.68. The van der Waals surface area contributed by atoms with Gasteiger partial charge in [0, 0.05) is 36.0 Å². The molecule has 3 heterocycles. The third-order valence-electron chi connectivity index (χ3n) is 4.95. The van der Waals surface area contributed by atoms with E-state index in [1.54, 1.807) is 12.1 Å². The Morgan fingerprint density at radius 1 is 1.04 bits per heavy atom. The van der Waals surface area contributed by atoms with Crippen molar-refractivity contribution >= 4 is 18.8 Å². The van der Waals surface area contributed by atoms with Crippen LogP contribution < -0.4 is 0 Å². The Balaban J connectivity index is 1.84. The number of nitrogens with zero attached hydrogens (tertiary/aromatic N) is 2. The molecule has 2 aliphatic rings. The summed E-state index contributed by atoms with van der Waals surface area (Å²) in [7, 11) is 0. The number of benzene rings is 1. The van der Waals surface area contributed by atoms with Crippen molar-refractivity contribution in [3.63, 3.8) is 0 Å². The minimum absolute atomic E-state index is 0.488. The van der Waals surface area contributed by atoms with Crippen LogP contribution in [-0.2, 0) is 0 Å². The predicted octanol–water partition coefficient (Wildman–Crippen LogP) is 5.19. The number of halogens is 2. The van der Waals surface area contributed by atoms with Gasteiger partial charge in [-0.15, -0.1) is 0 Å². The summed E-state index contributed by atoms with van der Waals surface area (Å²) in [6.07, 6.45) is 7.08. The predicted molar refractivity (Wildman–Crippen MR) is 99.7 cm³/mol. The number of fused-ring (bicyclic) bond motifs is 2. The number of rotatable bonds is 4. The van der Waals surface area contributed by atoms with Crippen molar-refractivity contribution in [2.45, 2.75) is 26.7 Å². The number of hydrogen-bond acceptors (Lipinski definition) is 0. The van der Waals surface area contributed by atoms with Gasteiger partial charge in [0.1, 0.15) is 5.71 Å². The first-order valence-electron chi connectivity index (χ1n) is 8.82. The summed E-state index contributed by atoms with van der Waals surface area (Å²) in [6, 6.07) is 13.0. The van der Waals surface area contributed by atoms with Crippen molar-refractivity contribution in [2.75, 3.05) is 0 Å². The monoisotopic (exact) mass is 338 g/mol. The van der Waals surface area contributed by atoms with E-state index in [1.807, 2.05) is 48.6 Å². The zero-order valence-electron chi connectivity index (χ0n) is 14.5. The maximum Gasteiger partial charge on any atom is 0.737 e. The lowest BCUT2D eigenvalue weighted by atomic mass is 9.89. The van der Waals surface area contributed by atoms with Crippen LogP contribution in [0.1, 0.15) is 32.4 Å². The summed E-state index contributed by atoms with van der Waals surface area (Å²) in [6.45, 7) is 0.328. The lowest BCUT2D eigenvalue weighted by Gasteiger charge is -2.30. The van der Waals surface area contributed by atoms with Crippen molar-refractivity contribution in [2.24, 2.45) is 5.92 Å². The molecular weight excluding hydrogens is 317 g/mol. The first kappa shape index (κ1) is 16.1. The first-order valence-corrected chi connectivity index (χ1v) is 8.82. The van der Waals surface area contributed by atoms with Crippen LogP contribution in [0.25, 0.3) is 17.3 Å². The van der Waals surface area contributed by atoms with Crippen LogP contribution in [0.15, 0.2) is 60.3 Å². The maximum atomic E-state index is 15.6. The normalized spacial score (nSPS) is 17.7. The summed E-state index contributed by atoms with van der Waals surface area (Å²) in [5.41, 5.74) is 3.23. The van der Waals surface area contributed by atoms with Crippen molar-refractivity contribution < 1.29 is 13.1 Å². The summed E-state index contributed by atoms with van der Waals surface area (Å²) in [4.78, 5) is 0. The fourth-order valence-electron chi connectivity index (χ4n) is 3.68. The lowest BCUT2D eigenvalue weighted by Crippen LogP contribution is -2.50. The highest BCUT2D eigenvalue weighted by Crippen LogP contribution is 2.36. The number of hydrogen-bond donors (Lipinski definition) is 0. The van der Waals surface area contributed by atoms with Gasteiger partial charge in [0.05, 0.1) is 0 Å². The summed E-state index contributed by atoms with van der Waals surface area (Å²) < 4.78 is 33.6. The Bertz CT molecular complexity index is 905. The maximum absolute atomic E-state index is 15.6. The van der Waals surface area contributed by atoms with Gasteiger partial charge in [-0.05, 0) is 30.0 Å². The number of aromatic nitrogens is 1. The highest BCUT2D eigenvalue weighted by Gasteiger charge is 2.52. The minimum atomic E-state index is -3.91. The van der Waals surface area contributed by atoms with Crippen LogP contribution in [0.5, 0.6) is 0 Å². The third kappa shape index (κ3) is 2.58. The van der Waals surface area contributed by atoms with Crippen LogP contribution >= 0.6 is 0 Å². The van der Waals surface area contributed by atoms with Crippen LogP contribution in [-0.4, -0.2) is 21.6 Å². The van der Waals surface area contributed by atoms with Gasteiger partial charge in [0.15, 0.2) is 5.70 Å². The molecule has 2 aliphatic heterocycles. The number of allylic oxidation sites excluding steroid dienone is 2. The van der Waals surface area contributed by atoms with Crippen LogP contribution in [0, 0.1) is 5.92 Å². The quantitative estimate of drug-likeness (QED) is 0.678. The largest absolute Gasteiger partial charge is 0.737 e. The van der Waals surface area contributed by atoms with E-state index in [9.17, 15) is 0 Å². The molecule has 128 valence electrons. The minimum Gasteiger partial charge on any atom is -0.390 e. The molecule has 25 heavy (non-hydrogen) atoms. The average molecular weight is 338 g/mol. The van der Waals surface area contributed by atoms with Crippen LogP contribution in [0.3, 0.4) is 0 Å². The zero-order chi connectivity index (χ0) is 17.6. The van der Waals surface area contributed by atoms with Crippen molar-refractivity contribution in [1.82, 2.24) is 4.48 Å². The molecule has 0 atom stereocenters. The van der Waals surface area contributed by atoms with Gasteiger partial charge < -0.3 is 17.6 Å². The molecule has 4 rings (SSSR count). The van der Waals surface area contributed by atoms with Gasteiger partial charge >= 0.3 is 6.97 Å². The molecule has 5 heteroatoms. The van der Waals surface area contributed by atoms with Crippen molar-refractivity contribution in [3.05, 3.63) is 66.0 Å². The molecular formula is C20H21BF2N2. The summed E-state index contributed by atoms with van der Waals surface area (Å²) in [5.74, 6) is 0.488. The molecule has 0 spiro atoms. The van der Waals surface area contributed by atoms with E-state index < -0.39 is 6.97 Å². The first-order chi connectivity index (χ1) is 12.0. The standard InChI is InChI=1S/C20H21BF2N2/c1-15(2)8-9-17-10-11-18-14-19-12-13-20(16-6-4-3-5-7-16)25(19)21(22,23)24(17)18/h3-7,10-15H,8-9H2,1-2H3.